The Morgan fingerprint density at radius 1 is 1.18 bits per heavy atom. The van der Waals surface area contributed by atoms with Gasteiger partial charge in [0.15, 0.2) is 0 Å². The highest BCUT2D eigenvalue weighted by Gasteiger charge is 1.94. The molecule has 0 aromatic heterocycles. The topological polar surface area (TPSA) is 9.23 Å². The summed E-state index contributed by atoms with van der Waals surface area (Å²) < 4.78 is 5.13. The number of benzene rings is 1. The molecule has 0 heterocycles. The Balaban J connectivity index is 0.000001000. The fourth-order valence-corrected chi connectivity index (χ4v) is 0.927. The zero-order valence-electron chi connectivity index (χ0n) is 6.64. The molecule has 0 aliphatic heterocycles. The molecule has 11 heavy (non-hydrogen) atoms. The monoisotopic (exact) mass is 152 g/mol. The lowest BCUT2D eigenvalue weighted by molar-refractivity contribution is 0.411. The Hall–Kier alpha value is -0.980. The van der Waals surface area contributed by atoms with Crippen LogP contribution >= 0.6 is 0 Å². The molecule has 0 radical (unpaired) electrons. The van der Waals surface area contributed by atoms with E-state index >= 15 is 0 Å². The molecule has 0 fully saturated rings. The third-order valence-corrected chi connectivity index (χ3v) is 1.56. The van der Waals surface area contributed by atoms with Gasteiger partial charge in [-0.1, -0.05) is 19.6 Å². The van der Waals surface area contributed by atoms with Crippen molar-refractivity contribution in [2.75, 3.05) is 7.11 Å². The van der Waals surface area contributed by atoms with Crippen LogP contribution in [0.25, 0.3) is 0 Å². The molecular weight excluding hydrogens is 136 g/mol. The zero-order valence-corrected chi connectivity index (χ0v) is 6.64. The first-order chi connectivity index (χ1) is 4.74. The van der Waals surface area contributed by atoms with Crippen LogP contribution in [0.2, 0.25) is 0 Å². The Morgan fingerprint density at radius 2 is 1.82 bits per heavy atom. The first-order valence-corrected chi connectivity index (χ1v) is 3.35. The van der Waals surface area contributed by atoms with Crippen molar-refractivity contribution >= 4 is 0 Å². The fourth-order valence-electron chi connectivity index (χ4n) is 0.927. The van der Waals surface area contributed by atoms with E-state index in [4.69, 9.17) is 4.74 Å². The summed E-state index contributed by atoms with van der Waals surface area (Å²) in [5.74, 6) is 0.972. The molecule has 0 unspecified atom stereocenters. The first kappa shape index (κ1) is 10.0. The minimum Gasteiger partial charge on any atom is -0.496 e. The van der Waals surface area contributed by atoms with E-state index in [-0.39, 0.29) is 7.43 Å². The number of hydrogen-bond acceptors (Lipinski definition) is 1. The van der Waals surface area contributed by atoms with E-state index < -0.39 is 0 Å². The highest BCUT2D eigenvalue weighted by atomic mass is 16.5. The standard InChI is InChI=1S/C9H12O.CH4/c1-7-4-5-8(2)9(6-7)10-3;/h4-6H,1-3H3;1H4. The van der Waals surface area contributed by atoms with Gasteiger partial charge in [0.1, 0.15) is 5.75 Å². The van der Waals surface area contributed by atoms with Crippen LogP contribution in [0.1, 0.15) is 18.6 Å². The van der Waals surface area contributed by atoms with Gasteiger partial charge >= 0.3 is 0 Å². The molecule has 0 aliphatic carbocycles. The van der Waals surface area contributed by atoms with Crippen molar-refractivity contribution in [2.24, 2.45) is 0 Å². The van der Waals surface area contributed by atoms with E-state index in [0.717, 1.165) is 5.75 Å². The van der Waals surface area contributed by atoms with Crippen molar-refractivity contribution in [1.82, 2.24) is 0 Å². The summed E-state index contributed by atoms with van der Waals surface area (Å²) in [6, 6.07) is 6.18. The summed E-state index contributed by atoms with van der Waals surface area (Å²) in [7, 11) is 1.70. The van der Waals surface area contributed by atoms with Gasteiger partial charge in [-0.25, -0.2) is 0 Å². The van der Waals surface area contributed by atoms with Crippen LogP contribution in [0.4, 0.5) is 0 Å². The maximum absolute atomic E-state index is 5.13. The lowest BCUT2D eigenvalue weighted by atomic mass is 10.1. The first-order valence-electron chi connectivity index (χ1n) is 3.35. The molecule has 0 N–H and O–H groups in total. The average molecular weight is 152 g/mol. The Bertz CT molecular complexity index is 228. The Kier molecular flexibility index (Phi) is 3.66. The molecule has 62 valence electrons. The van der Waals surface area contributed by atoms with Crippen molar-refractivity contribution < 1.29 is 4.74 Å². The van der Waals surface area contributed by atoms with Crippen LogP contribution < -0.4 is 4.74 Å². The van der Waals surface area contributed by atoms with Crippen LogP contribution in [0.5, 0.6) is 5.75 Å². The highest BCUT2D eigenvalue weighted by Crippen LogP contribution is 2.17. The Labute approximate surface area is 69.0 Å². The van der Waals surface area contributed by atoms with Gasteiger partial charge in [0.2, 0.25) is 0 Å². The van der Waals surface area contributed by atoms with Crippen molar-refractivity contribution in [3.05, 3.63) is 29.3 Å². The molecule has 0 bridgehead atoms. The lowest BCUT2D eigenvalue weighted by Gasteiger charge is -2.03. The minimum atomic E-state index is 0. The molecule has 1 aromatic carbocycles. The van der Waals surface area contributed by atoms with Crippen molar-refractivity contribution in [3.63, 3.8) is 0 Å². The lowest BCUT2D eigenvalue weighted by Crippen LogP contribution is -1.86. The summed E-state index contributed by atoms with van der Waals surface area (Å²) in [6.07, 6.45) is 0. The number of methoxy groups -OCH3 is 1. The predicted octanol–water partition coefficient (Wildman–Crippen LogP) is 2.95. The van der Waals surface area contributed by atoms with E-state index in [0.29, 0.717) is 0 Å². The van der Waals surface area contributed by atoms with E-state index in [2.05, 4.69) is 19.1 Å². The van der Waals surface area contributed by atoms with Crippen LogP contribution in [-0.4, -0.2) is 7.11 Å². The van der Waals surface area contributed by atoms with Gasteiger partial charge in [-0.15, -0.1) is 0 Å². The molecular formula is C10H16O. The SMILES string of the molecule is C.COc1cc(C)ccc1C. The van der Waals surface area contributed by atoms with Gasteiger partial charge in [0.25, 0.3) is 0 Å². The largest absolute Gasteiger partial charge is 0.496 e. The van der Waals surface area contributed by atoms with Gasteiger partial charge in [-0.3, -0.25) is 0 Å². The van der Waals surface area contributed by atoms with Gasteiger partial charge in [0, 0.05) is 0 Å². The van der Waals surface area contributed by atoms with Crippen LogP contribution in [0.15, 0.2) is 18.2 Å². The normalized spacial score (nSPS) is 8.64. The Morgan fingerprint density at radius 3 is 2.27 bits per heavy atom. The smallest absolute Gasteiger partial charge is 0.122 e. The summed E-state index contributed by atoms with van der Waals surface area (Å²) in [6.45, 7) is 4.10. The molecule has 1 aromatic rings. The second-order valence-electron chi connectivity index (χ2n) is 2.47. The molecule has 0 atom stereocenters. The maximum atomic E-state index is 5.13. The second kappa shape index (κ2) is 4.02. The third-order valence-electron chi connectivity index (χ3n) is 1.56. The summed E-state index contributed by atoms with van der Waals surface area (Å²) in [5, 5.41) is 0. The van der Waals surface area contributed by atoms with Crippen LogP contribution in [0, 0.1) is 13.8 Å². The molecule has 1 nitrogen and oxygen atoms in total. The number of aryl methyl sites for hydroxylation is 2. The molecule has 1 heteroatoms. The average Bonchev–Trinajstić information content (AvgIpc) is 1.94. The molecule has 0 spiro atoms. The fraction of sp³-hybridized carbons (Fsp3) is 0.400. The van der Waals surface area contributed by atoms with Gasteiger partial charge in [-0.05, 0) is 31.0 Å². The number of ether oxygens (including phenoxy) is 1. The van der Waals surface area contributed by atoms with Crippen LogP contribution in [-0.2, 0) is 0 Å². The van der Waals surface area contributed by atoms with Gasteiger partial charge < -0.3 is 4.74 Å². The maximum Gasteiger partial charge on any atom is 0.122 e. The van der Waals surface area contributed by atoms with Gasteiger partial charge in [0.05, 0.1) is 7.11 Å². The summed E-state index contributed by atoms with van der Waals surface area (Å²) >= 11 is 0. The summed E-state index contributed by atoms with van der Waals surface area (Å²) in [4.78, 5) is 0. The molecule has 1 rings (SSSR count). The minimum absolute atomic E-state index is 0. The highest BCUT2D eigenvalue weighted by molar-refractivity contribution is 5.35. The van der Waals surface area contributed by atoms with E-state index in [1.165, 1.54) is 11.1 Å². The van der Waals surface area contributed by atoms with Gasteiger partial charge in [-0.2, -0.15) is 0 Å². The van der Waals surface area contributed by atoms with E-state index in [9.17, 15) is 0 Å². The number of hydrogen-bond donors (Lipinski definition) is 0. The quantitative estimate of drug-likeness (QED) is 0.601. The van der Waals surface area contributed by atoms with Crippen molar-refractivity contribution in [3.8, 4) is 5.75 Å². The molecule has 0 amide bonds. The predicted molar refractivity (Wildman–Crippen MR) is 49.2 cm³/mol. The summed E-state index contributed by atoms with van der Waals surface area (Å²) in [5.41, 5.74) is 2.43. The van der Waals surface area contributed by atoms with Crippen molar-refractivity contribution in [2.45, 2.75) is 21.3 Å². The number of rotatable bonds is 1. The second-order valence-corrected chi connectivity index (χ2v) is 2.47. The molecule has 0 aliphatic rings. The molecule has 0 saturated carbocycles. The molecule has 0 saturated heterocycles. The zero-order chi connectivity index (χ0) is 7.56. The van der Waals surface area contributed by atoms with Crippen molar-refractivity contribution in [1.29, 1.82) is 0 Å². The van der Waals surface area contributed by atoms with Crippen LogP contribution in [0.3, 0.4) is 0 Å². The van der Waals surface area contributed by atoms with E-state index in [1.54, 1.807) is 7.11 Å². The third kappa shape index (κ3) is 2.26. The van der Waals surface area contributed by atoms with E-state index in [1.807, 2.05) is 13.0 Å².